The highest BCUT2D eigenvalue weighted by atomic mass is 35.5. The van der Waals surface area contributed by atoms with Gasteiger partial charge in [0.2, 0.25) is 0 Å². The number of nitro groups is 1. The maximum Gasteiger partial charge on any atom is 0.336 e. The number of benzene rings is 2. The van der Waals surface area contributed by atoms with E-state index in [2.05, 4.69) is 5.32 Å². The molecule has 0 fully saturated rings. The largest absolute Gasteiger partial charge is 0.493 e. The van der Waals surface area contributed by atoms with Crippen molar-refractivity contribution in [1.82, 2.24) is 5.32 Å². The number of hydrogen-bond donors (Lipinski definition) is 1. The smallest absolute Gasteiger partial charge is 0.336 e. The lowest BCUT2D eigenvalue weighted by molar-refractivity contribution is -0.384. The average molecular weight is 513 g/mol. The van der Waals surface area contributed by atoms with Gasteiger partial charge in [0.25, 0.3) is 5.69 Å². The lowest BCUT2D eigenvalue weighted by atomic mass is 9.71. The number of hydrogen-bond acceptors (Lipinski definition) is 8. The number of carbonyl (C=O) groups excluding carboxylic acids is 2. The van der Waals surface area contributed by atoms with Gasteiger partial charge < -0.3 is 19.5 Å². The van der Waals surface area contributed by atoms with Crippen LogP contribution in [0.3, 0.4) is 0 Å². The van der Waals surface area contributed by atoms with Crippen molar-refractivity contribution in [2.24, 2.45) is 0 Å². The number of nitro benzene ring substituents is 1. The number of carbonyl (C=O) groups is 2. The molecular weight excluding hydrogens is 488 g/mol. The summed E-state index contributed by atoms with van der Waals surface area (Å²) in [5, 5.41) is 14.9. The molecule has 188 valence electrons. The summed E-state index contributed by atoms with van der Waals surface area (Å²) in [6.45, 7) is 1.71. The highest BCUT2D eigenvalue weighted by molar-refractivity contribution is 6.31. The predicted molar refractivity (Wildman–Crippen MR) is 132 cm³/mol. The van der Waals surface area contributed by atoms with Crippen molar-refractivity contribution < 1.29 is 28.7 Å². The van der Waals surface area contributed by atoms with Crippen LogP contribution in [-0.2, 0) is 14.3 Å². The number of dihydropyridines is 1. The van der Waals surface area contributed by atoms with Gasteiger partial charge in [0.1, 0.15) is 0 Å². The molecule has 2 aromatic carbocycles. The Balaban J connectivity index is 1.84. The van der Waals surface area contributed by atoms with Crippen LogP contribution in [0, 0.1) is 10.1 Å². The maximum atomic E-state index is 13.7. The number of nitrogens with one attached hydrogen (secondary N) is 1. The summed E-state index contributed by atoms with van der Waals surface area (Å²) in [6, 6.07) is 9.54. The molecule has 0 spiro atoms. The second-order valence-electron chi connectivity index (χ2n) is 8.59. The second kappa shape index (κ2) is 10.0. The van der Waals surface area contributed by atoms with Gasteiger partial charge in [0.15, 0.2) is 17.3 Å². The number of Topliss-reactive ketones (excluding diaryl/α,β-unsaturated/α-hetero) is 1. The van der Waals surface area contributed by atoms with Crippen LogP contribution in [0.5, 0.6) is 11.5 Å². The van der Waals surface area contributed by atoms with E-state index < -0.39 is 16.8 Å². The number of allylic oxidation sites excluding steroid dienone is 3. The number of ketones is 1. The number of non-ortho nitro benzene ring substituents is 1. The first-order valence-corrected chi connectivity index (χ1v) is 11.6. The Morgan fingerprint density at radius 2 is 1.81 bits per heavy atom. The molecule has 36 heavy (non-hydrogen) atoms. The molecule has 1 heterocycles. The minimum Gasteiger partial charge on any atom is -0.493 e. The number of methoxy groups -OCH3 is 3. The number of esters is 1. The Hall–Kier alpha value is -3.85. The van der Waals surface area contributed by atoms with E-state index in [0.717, 1.165) is 5.56 Å². The van der Waals surface area contributed by atoms with E-state index in [4.69, 9.17) is 25.8 Å². The van der Waals surface area contributed by atoms with Crippen LogP contribution in [0.25, 0.3) is 0 Å². The zero-order valence-corrected chi connectivity index (χ0v) is 21.0. The Morgan fingerprint density at radius 3 is 2.44 bits per heavy atom. The molecule has 1 N–H and O–H groups in total. The van der Waals surface area contributed by atoms with Gasteiger partial charge in [-0.15, -0.1) is 0 Å². The minimum absolute atomic E-state index is 0.155. The molecule has 0 saturated carbocycles. The number of nitrogens with zero attached hydrogens (tertiary/aromatic N) is 1. The fourth-order valence-corrected chi connectivity index (χ4v) is 5.17. The highest BCUT2D eigenvalue weighted by Crippen LogP contribution is 2.48. The van der Waals surface area contributed by atoms with Crippen LogP contribution >= 0.6 is 11.6 Å². The topological polar surface area (TPSA) is 117 Å². The van der Waals surface area contributed by atoms with Crippen LogP contribution in [0.2, 0.25) is 5.02 Å². The fourth-order valence-electron chi connectivity index (χ4n) is 4.94. The van der Waals surface area contributed by atoms with Crippen molar-refractivity contribution in [1.29, 1.82) is 0 Å². The van der Waals surface area contributed by atoms with Gasteiger partial charge in [0, 0.05) is 46.5 Å². The molecule has 2 aliphatic rings. The van der Waals surface area contributed by atoms with Gasteiger partial charge in [-0.3, -0.25) is 14.9 Å². The zero-order valence-electron chi connectivity index (χ0n) is 20.2. The third kappa shape index (κ3) is 4.42. The summed E-state index contributed by atoms with van der Waals surface area (Å²) in [5.74, 6) is -0.749. The summed E-state index contributed by atoms with van der Waals surface area (Å²) in [5.41, 5.74) is 2.70. The molecule has 1 aliphatic carbocycles. The van der Waals surface area contributed by atoms with Crippen LogP contribution in [-0.4, -0.2) is 38.0 Å². The van der Waals surface area contributed by atoms with Crippen LogP contribution in [0.15, 0.2) is 58.9 Å². The molecule has 0 aromatic heterocycles. The lowest BCUT2D eigenvalue weighted by Crippen LogP contribution is -2.36. The maximum absolute atomic E-state index is 13.7. The summed E-state index contributed by atoms with van der Waals surface area (Å²) >= 11 is 6.48. The van der Waals surface area contributed by atoms with Crippen LogP contribution in [0.4, 0.5) is 5.69 Å². The highest BCUT2D eigenvalue weighted by Gasteiger charge is 2.42. The molecular formula is C26H25ClN2O7. The van der Waals surface area contributed by atoms with Crippen molar-refractivity contribution in [3.05, 3.63) is 85.2 Å². The second-order valence-corrected chi connectivity index (χ2v) is 8.99. The Kier molecular flexibility index (Phi) is 7.03. The molecule has 0 amide bonds. The molecule has 0 radical (unpaired) electrons. The van der Waals surface area contributed by atoms with Crippen LogP contribution in [0.1, 0.15) is 42.7 Å². The van der Waals surface area contributed by atoms with Gasteiger partial charge in [-0.2, -0.15) is 0 Å². The Morgan fingerprint density at radius 1 is 1.08 bits per heavy atom. The number of rotatable bonds is 6. The van der Waals surface area contributed by atoms with E-state index in [1.165, 1.54) is 25.3 Å². The van der Waals surface area contributed by atoms with Crippen molar-refractivity contribution in [3.63, 3.8) is 0 Å². The third-order valence-electron chi connectivity index (χ3n) is 6.61. The first kappa shape index (κ1) is 25.2. The Bertz CT molecular complexity index is 1330. The van der Waals surface area contributed by atoms with Gasteiger partial charge in [0.05, 0.1) is 31.8 Å². The van der Waals surface area contributed by atoms with E-state index >= 15 is 0 Å². The molecule has 9 nitrogen and oxygen atoms in total. The predicted octanol–water partition coefficient (Wildman–Crippen LogP) is 4.80. The number of ether oxygens (including phenoxy) is 3. The van der Waals surface area contributed by atoms with E-state index in [1.807, 2.05) is 12.1 Å². The summed E-state index contributed by atoms with van der Waals surface area (Å²) in [4.78, 5) is 37.4. The van der Waals surface area contributed by atoms with Gasteiger partial charge >= 0.3 is 5.97 Å². The molecule has 1 aliphatic heterocycles. The number of halogens is 1. The molecule has 0 bridgehead atoms. The zero-order chi connectivity index (χ0) is 26.1. The van der Waals surface area contributed by atoms with Crippen molar-refractivity contribution in [2.45, 2.75) is 31.6 Å². The first-order valence-electron chi connectivity index (χ1n) is 11.2. The minimum atomic E-state index is -0.903. The van der Waals surface area contributed by atoms with Gasteiger partial charge in [-0.25, -0.2) is 4.79 Å². The van der Waals surface area contributed by atoms with Crippen molar-refractivity contribution in [2.75, 3.05) is 21.3 Å². The monoisotopic (exact) mass is 512 g/mol. The van der Waals surface area contributed by atoms with E-state index in [9.17, 15) is 19.7 Å². The molecule has 2 unspecified atom stereocenters. The summed E-state index contributed by atoms with van der Waals surface area (Å²) in [6.07, 6.45) is 0.651. The molecule has 4 rings (SSSR count). The quantitative estimate of drug-likeness (QED) is 0.333. The van der Waals surface area contributed by atoms with Crippen molar-refractivity contribution >= 4 is 29.0 Å². The van der Waals surface area contributed by atoms with Gasteiger partial charge in [-0.05, 0) is 48.6 Å². The van der Waals surface area contributed by atoms with Crippen molar-refractivity contribution in [3.8, 4) is 11.5 Å². The first-order chi connectivity index (χ1) is 17.2. The average Bonchev–Trinajstić information content (AvgIpc) is 2.87. The summed E-state index contributed by atoms with van der Waals surface area (Å²) < 4.78 is 15.8. The SMILES string of the molecule is COC(=O)C1=C(C)NC2=C(C(=O)CC(c3ccc(OC)c(OC)c3)C2)C1c1cc([N+](=O)[O-])ccc1Cl. The van der Waals surface area contributed by atoms with E-state index in [1.54, 1.807) is 27.2 Å². The third-order valence-corrected chi connectivity index (χ3v) is 6.96. The molecule has 10 heteroatoms. The standard InChI is InChI=1S/C26H25ClN2O7/c1-13-23(26(31)36-4)24(17-12-16(29(32)33)6-7-18(17)27)25-19(28-13)9-15(10-20(25)30)14-5-8-21(34-2)22(11-14)35-3/h5-8,11-12,15,24,28H,9-10H2,1-4H3. The van der Waals surface area contributed by atoms with Gasteiger partial charge in [-0.1, -0.05) is 17.7 Å². The molecule has 2 atom stereocenters. The Labute approximate surface area is 212 Å². The van der Waals surface area contributed by atoms with E-state index in [0.29, 0.717) is 40.5 Å². The molecule has 2 aromatic rings. The lowest BCUT2D eigenvalue weighted by Gasteiger charge is -2.36. The molecule has 0 saturated heterocycles. The normalized spacial score (nSPS) is 19.4. The van der Waals surface area contributed by atoms with Crippen LogP contribution < -0.4 is 14.8 Å². The fraction of sp³-hybridized carbons (Fsp3) is 0.308. The summed E-state index contributed by atoms with van der Waals surface area (Å²) in [7, 11) is 4.35. The van der Waals surface area contributed by atoms with E-state index in [-0.39, 0.29) is 34.4 Å².